The van der Waals surface area contributed by atoms with Crippen molar-refractivity contribution in [2.24, 2.45) is 0 Å². The van der Waals surface area contributed by atoms with Gasteiger partial charge in [-0.15, -0.1) is 0 Å². The summed E-state index contributed by atoms with van der Waals surface area (Å²) < 4.78 is 22.1. The van der Waals surface area contributed by atoms with E-state index >= 15 is 0 Å². The fraction of sp³-hybridized carbons (Fsp3) is 0.158. The Morgan fingerprint density at radius 3 is 2.69 bits per heavy atom. The van der Waals surface area contributed by atoms with Crippen molar-refractivity contribution in [2.75, 3.05) is 21.0 Å². The molecule has 7 heteroatoms. The molecule has 0 bridgehead atoms. The number of phenolic OH excluding ortho intramolecular Hbond substituents is 1. The van der Waals surface area contributed by atoms with Crippen LogP contribution in [-0.4, -0.2) is 36.9 Å². The molecule has 0 fully saturated rings. The van der Waals surface area contributed by atoms with Crippen molar-refractivity contribution in [2.45, 2.75) is 0 Å². The maximum Gasteiger partial charge on any atom is 0.231 e. The summed E-state index contributed by atoms with van der Waals surface area (Å²) >= 11 is 0. The smallest absolute Gasteiger partial charge is 0.231 e. The highest BCUT2D eigenvalue weighted by molar-refractivity contribution is 6.27. The number of hydrogen-bond donors (Lipinski definition) is 1. The minimum atomic E-state index is -0.281. The Labute approximate surface area is 147 Å². The third-order valence-electron chi connectivity index (χ3n) is 4.74. The molecule has 0 atom stereocenters. The molecule has 0 saturated heterocycles. The van der Waals surface area contributed by atoms with E-state index in [0.717, 1.165) is 0 Å². The Balaban J connectivity index is 2.02. The molecule has 7 nitrogen and oxygen atoms in total. The van der Waals surface area contributed by atoms with Gasteiger partial charge in [-0.25, -0.2) is 0 Å². The van der Waals surface area contributed by atoms with E-state index in [2.05, 4.69) is 4.98 Å². The van der Waals surface area contributed by atoms with Gasteiger partial charge in [-0.2, -0.15) is 0 Å². The van der Waals surface area contributed by atoms with Crippen LogP contribution in [0.4, 0.5) is 0 Å². The molecule has 1 aromatic heterocycles. The molecule has 2 aromatic carbocycles. The number of ketones is 1. The van der Waals surface area contributed by atoms with Gasteiger partial charge in [0.15, 0.2) is 23.0 Å². The lowest BCUT2D eigenvalue weighted by Gasteiger charge is -2.22. The summed E-state index contributed by atoms with van der Waals surface area (Å²) in [4.78, 5) is 17.3. The van der Waals surface area contributed by atoms with Gasteiger partial charge in [0.2, 0.25) is 18.3 Å². The summed E-state index contributed by atoms with van der Waals surface area (Å²) in [5.41, 5.74) is 1.90. The third-order valence-corrected chi connectivity index (χ3v) is 4.74. The lowest BCUT2D eigenvalue weighted by atomic mass is 9.84. The third kappa shape index (κ3) is 1.67. The zero-order valence-corrected chi connectivity index (χ0v) is 14.0. The number of nitrogens with zero attached hydrogens (tertiary/aromatic N) is 1. The summed E-state index contributed by atoms with van der Waals surface area (Å²) in [7, 11) is 2.99. The molecule has 0 spiro atoms. The van der Waals surface area contributed by atoms with Gasteiger partial charge in [0.1, 0.15) is 5.69 Å². The van der Waals surface area contributed by atoms with Crippen LogP contribution >= 0.6 is 0 Å². The largest absolute Gasteiger partial charge is 0.504 e. The van der Waals surface area contributed by atoms with Crippen LogP contribution in [0.1, 0.15) is 16.1 Å². The van der Waals surface area contributed by atoms with Crippen molar-refractivity contribution in [1.29, 1.82) is 0 Å². The van der Waals surface area contributed by atoms with Gasteiger partial charge in [-0.1, -0.05) is 0 Å². The summed E-state index contributed by atoms with van der Waals surface area (Å²) in [6.45, 7) is 0.0519. The number of ether oxygens (including phenoxy) is 4. The first-order chi connectivity index (χ1) is 12.7. The molecule has 1 aliphatic heterocycles. The van der Waals surface area contributed by atoms with E-state index in [9.17, 15) is 9.90 Å². The first-order valence-electron chi connectivity index (χ1n) is 7.90. The van der Waals surface area contributed by atoms with E-state index in [1.165, 1.54) is 13.2 Å². The molecular weight excluding hydrogens is 338 g/mol. The first-order valence-corrected chi connectivity index (χ1v) is 7.90. The summed E-state index contributed by atoms with van der Waals surface area (Å²) in [5, 5.41) is 11.5. The quantitative estimate of drug-likeness (QED) is 0.594. The highest BCUT2D eigenvalue weighted by Crippen LogP contribution is 2.56. The number of carbonyl (C=O) groups is 1. The van der Waals surface area contributed by atoms with Crippen LogP contribution in [0, 0.1) is 0 Å². The van der Waals surface area contributed by atoms with Crippen molar-refractivity contribution in [3.05, 3.63) is 35.7 Å². The van der Waals surface area contributed by atoms with Crippen LogP contribution in [0.3, 0.4) is 0 Å². The Hall–Kier alpha value is -3.48. The van der Waals surface area contributed by atoms with E-state index in [1.807, 2.05) is 0 Å². The maximum absolute atomic E-state index is 13.0. The molecule has 0 unspecified atom stereocenters. The van der Waals surface area contributed by atoms with Crippen LogP contribution in [0.25, 0.3) is 21.9 Å². The van der Waals surface area contributed by atoms with Crippen molar-refractivity contribution in [3.8, 4) is 39.9 Å². The second-order valence-corrected chi connectivity index (χ2v) is 5.95. The number of phenols is 1. The normalized spacial score (nSPS) is 13.7. The van der Waals surface area contributed by atoms with Gasteiger partial charge >= 0.3 is 0 Å². The Bertz CT molecular complexity index is 1120. The average molecular weight is 351 g/mol. The number of carbonyl (C=O) groups excluding carboxylic acids is 1. The molecule has 0 radical (unpaired) electrons. The molecule has 5 rings (SSSR count). The van der Waals surface area contributed by atoms with Crippen LogP contribution in [-0.2, 0) is 0 Å². The molecule has 2 aliphatic rings. The minimum Gasteiger partial charge on any atom is -0.504 e. The van der Waals surface area contributed by atoms with Gasteiger partial charge in [0, 0.05) is 33.7 Å². The Morgan fingerprint density at radius 1 is 1.12 bits per heavy atom. The van der Waals surface area contributed by atoms with Crippen LogP contribution in [0.5, 0.6) is 28.7 Å². The van der Waals surface area contributed by atoms with Gasteiger partial charge < -0.3 is 24.1 Å². The lowest BCUT2D eigenvalue weighted by molar-refractivity contribution is 0.103. The Morgan fingerprint density at radius 2 is 1.92 bits per heavy atom. The zero-order valence-electron chi connectivity index (χ0n) is 14.0. The lowest BCUT2D eigenvalue weighted by Crippen LogP contribution is -2.13. The van der Waals surface area contributed by atoms with E-state index < -0.39 is 0 Å². The molecule has 2 heterocycles. The van der Waals surface area contributed by atoms with Crippen molar-refractivity contribution < 1.29 is 28.8 Å². The number of hydrogen-bond acceptors (Lipinski definition) is 7. The number of rotatable bonds is 2. The molecule has 130 valence electrons. The average Bonchev–Trinajstić information content (AvgIpc) is 3.13. The molecule has 0 saturated carbocycles. The fourth-order valence-electron chi connectivity index (χ4n) is 3.66. The summed E-state index contributed by atoms with van der Waals surface area (Å²) in [6, 6.07) is 4.80. The Kier molecular flexibility index (Phi) is 2.86. The van der Waals surface area contributed by atoms with Crippen molar-refractivity contribution in [3.63, 3.8) is 0 Å². The van der Waals surface area contributed by atoms with Crippen LogP contribution < -0.4 is 18.9 Å². The van der Waals surface area contributed by atoms with E-state index in [0.29, 0.717) is 44.7 Å². The molecule has 1 N–H and O–H groups in total. The van der Waals surface area contributed by atoms with E-state index in [-0.39, 0.29) is 29.8 Å². The van der Waals surface area contributed by atoms with E-state index in [1.54, 1.807) is 25.4 Å². The zero-order chi connectivity index (χ0) is 18.0. The van der Waals surface area contributed by atoms with Gasteiger partial charge in [0.05, 0.1) is 14.2 Å². The topological polar surface area (TPSA) is 87.1 Å². The van der Waals surface area contributed by atoms with Gasteiger partial charge in [-0.05, 0) is 18.2 Å². The minimum absolute atomic E-state index is 0.0519. The first kappa shape index (κ1) is 14.8. The van der Waals surface area contributed by atoms with E-state index in [4.69, 9.17) is 18.9 Å². The highest BCUT2D eigenvalue weighted by atomic mass is 16.7. The number of aromatic nitrogens is 1. The van der Waals surface area contributed by atoms with Crippen LogP contribution in [0.2, 0.25) is 0 Å². The predicted molar refractivity (Wildman–Crippen MR) is 91.5 cm³/mol. The molecule has 26 heavy (non-hydrogen) atoms. The second-order valence-electron chi connectivity index (χ2n) is 5.95. The van der Waals surface area contributed by atoms with Gasteiger partial charge in [0.25, 0.3) is 0 Å². The van der Waals surface area contributed by atoms with Gasteiger partial charge in [-0.3, -0.25) is 9.78 Å². The monoisotopic (exact) mass is 351 g/mol. The molecular formula is C19H13NO6. The summed E-state index contributed by atoms with van der Waals surface area (Å²) in [6.07, 6.45) is 1.55. The molecule has 0 amide bonds. The fourth-order valence-corrected chi connectivity index (χ4v) is 3.66. The van der Waals surface area contributed by atoms with Crippen LogP contribution in [0.15, 0.2) is 24.4 Å². The van der Waals surface area contributed by atoms with Crippen molar-refractivity contribution >= 4 is 16.6 Å². The van der Waals surface area contributed by atoms with Crippen molar-refractivity contribution in [1.82, 2.24) is 4.98 Å². The maximum atomic E-state index is 13.0. The molecule has 3 aromatic rings. The number of pyridine rings is 1. The highest BCUT2D eigenvalue weighted by Gasteiger charge is 2.36. The second kappa shape index (κ2) is 5.01. The molecule has 1 aliphatic carbocycles. The standard InChI is InChI=1S/C19H13NO6/c1-23-12-6-9-10(5-11(12)21)16(22)15-13-8(3-4-20-15)17(24-2)19-18(14(9)13)25-7-26-19/h3-6,21H,7H2,1-2H3. The SMILES string of the molecule is COc1cc2c(cc1O)C(=O)c1nccc3c(OC)c4c(c-2c13)OCO4. The number of benzene rings is 2. The number of fused-ring (bicyclic) bond motifs is 4. The number of methoxy groups -OCH3 is 2. The number of aromatic hydroxyl groups is 1. The summed E-state index contributed by atoms with van der Waals surface area (Å²) in [5.74, 6) is 1.35. The predicted octanol–water partition coefficient (Wildman–Crippen LogP) is 2.90.